The minimum Gasteiger partial charge on any atom is -0.347 e. The van der Waals surface area contributed by atoms with E-state index in [1.807, 2.05) is 0 Å². The molecular formula is C13H17Cl2FN4S. The lowest BCUT2D eigenvalue weighted by Gasteiger charge is -2.30. The van der Waals surface area contributed by atoms with Gasteiger partial charge in [-0.25, -0.2) is 4.39 Å². The van der Waals surface area contributed by atoms with E-state index in [9.17, 15) is 4.39 Å². The summed E-state index contributed by atoms with van der Waals surface area (Å²) < 4.78 is 12.9. The Balaban J connectivity index is 0.00000110. The molecule has 1 aromatic carbocycles. The van der Waals surface area contributed by atoms with Crippen molar-refractivity contribution in [2.45, 2.75) is 0 Å². The third kappa shape index (κ3) is 4.57. The molecule has 4 nitrogen and oxygen atoms in total. The van der Waals surface area contributed by atoms with Gasteiger partial charge >= 0.3 is 0 Å². The molecule has 2 aliphatic heterocycles. The van der Waals surface area contributed by atoms with Crippen LogP contribution in [0.4, 0.5) is 4.39 Å². The van der Waals surface area contributed by atoms with Crippen LogP contribution in [0, 0.1) is 5.82 Å². The Bertz CT molecular complexity index is 515. The van der Waals surface area contributed by atoms with Crippen LogP contribution in [0.15, 0.2) is 34.5 Å². The molecule has 1 aromatic rings. The van der Waals surface area contributed by atoms with Crippen LogP contribution < -0.4 is 5.32 Å². The van der Waals surface area contributed by atoms with E-state index in [2.05, 4.69) is 20.4 Å². The summed E-state index contributed by atoms with van der Waals surface area (Å²) in [5.74, 6) is 0.562. The predicted octanol–water partition coefficient (Wildman–Crippen LogP) is 2.38. The van der Waals surface area contributed by atoms with Crippen molar-refractivity contribution in [2.24, 2.45) is 10.2 Å². The van der Waals surface area contributed by atoms with Crippen LogP contribution in [-0.2, 0) is 0 Å². The first-order chi connectivity index (χ1) is 9.33. The fourth-order valence-electron chi connectivity index (χ4n) is 2.09. The lowest BCUT2D eigenvalue weighted by molar-refractivity contribution is 0.362. The molecule has 8 heteroatoms. The summed E-state index contributed by atoms with van der Waals surface area (Å²) >= 11 is 1.70. The van der Waals surface area contributed by atoms with Crippen LogP contribution in [0.25, 0.3) is 0 Å². The van der Waals surface area contributed by atoms with Crippen molar-refractivity contribution in [1.82, 2.24) is 10.2 Å². The molecule has 0 aromatic heterocycles. The first-order valence-electron chi connectivity index (χ1n) is 6.32. The normalized spacial score (nSPS) is 18.0. The molecular weight excluding hydrogens is 334 g/mol. The van der Waals surface area contributed by atoms with Crippen LogP contribution in [0.5, 0.6) is 0 Å². The van der Waals surface area contributed by atoms with Crippen molar-refractivity contribution >= 4 is 47.5 Å². The van der Waals surface area contributed by atoms with E-state index in [4.69, 9.17) is 0 Å². The molecule has 0 radical (unpaired) electrons. The van der Waals surface area contributed by atoms with Gasteiger partial charge in [-0.3, -0.25) is 0 Å². The zero-order valence-corrected chi connectivity index (χ0v) is 13.7. The number of nitrogens with one attached hydrogen (secondary N) is 1. The van der Waals surface area contributed by atoms with Crippen molar-refractivity contribution < 1.29 is 4.39 Å². The summed E-state index contributed by atoms with van der Waals surface area (Å²) in [6, 6.07) is 6.41. The highest BCUT2D eigenvalue weighted by Crippen LogP contribution is 2.18. The Morgan fingerprint density at radius 3 is 2.29 bits per heavy atom. The maximum Gasteiger partial charge on any atom is 0.186 e. The van der Waals surface area contributed by atoms with Gasteiger partial charge in [-0.15, -0.1) is 29.9 Å². The third-order valence-electron chi connectivity index (χ3n) is 3.16. The predicted molar refractivity (Wildman–Crippen MR) is 91.8 cm³/mol. The molecule has 0 unspecified atom stereocenters. The largest absolute Gasteiger partial charge is 0.347 e. The molecule has 116 valence electrons. The molecule has 1 saturated heterocycles. The Labute approximate surface area is 140 Å². The van der Waals surface area contributed by atoms with Crippen molar-refractivity contribution in [1.29, 1.82) is 0 Å². The Hall–Kier alpha value is -0.820. The highest BCUT2D eigenvalue weighted by molar-refractivity contribution is 8.14. The maximum absolute atomic E-state index is 12.9. The van der Waals surface area contributed by atoms with Crippen LogP contribution in [0.3, 0.4) is 0 Å². The standard InChI is InChI=1S/C13H15FN4S.2ClH/c14-11-3-1-10(2-4-11)12-9-19-13(17-16-12)18-7-5-15-6-8-18;;/h1-4,15H,5-9H2;2*1H. The van der Waals surface area contributed by atoms with Crippen LogP contribution in [0.1, 0.15) is 5.56 Å². The molecule has 3 rings (SSSR count). The van der Waals surface area contributed by atoms with Gasteiger partial charge in [-0.1, -0.05) is 23.9 Å². The first-order valence-corrected chi connectivity index (χ1v) is 7.30. The smallest absolute Gasteiger partial charge is 0.186 e. The van der Waals surface area contributed by atoms with Crippen LogP contribution in [0.2, 0.25) is 0 Å². The fourth-order valence-corrected chi connectivity index (χ4v) is 3.04. The minimum atomic E-state index is -0.224. The summed E-state index contributed by atoms with van der Waals surface area (Å²) in [6.45, 7) is 3.95. The molecule has 0 aliphatic carbocycles. The summed E-state index contributed by atoms with van der Waals surface area (Å²) in [5, 5.41) is 12.9. The van der Waals surface area contributed by atoms with E-state index < -0.39 is 0 Å². The molecule has 0 atom stereocenters. The van der Waals surface area contributed by atoms with Gasteiger partial charge in [0.1, 0.15) is 5.82 Å². The molecule has 1 N–H and O–H groups in total. The summed E-state index contributed by atoms with van der Waals surface area (Å²) in [4.78, 5) is 2.26. The van der Waals surface area contributed by atoms with Crippen molar-refractivity contribution in [3.8, 4) is 0 Å². The average Bonchev–Trinajstić information content (AvgIpc) is 2.49. The molecule has 0 saturated carbocycles. The van der Waals surface area contributed by atoms with E-state index in [-0.39, 0.29) is 30.6 Å². The van der Waals surface area contributed by atoms with Crippen LogP contribution >= 0.6 is 36.6 Å². The Morgan fingerprint density at radius 1 is 1.05 bits per heavy atom. The number of piperazine rings is 1. The molecule has 0 spiro atoms. The number of hydrogen-bond donors (Lipinski definition) is 1. The number of halogens is 3. The molecule has 0 amide bonds. The SMILES string of the molecule is Cl.Cl.Fc1ccc(C2=NN=C(N3CCNCC3)SC2)cc1. The van der Waals surface area contributed by atoms with Gasteiger partial charge in [0.15, 0.2) is 5.17 Å². The van der Waals surface area contributed by atoms with Crippen LogP contribution in [-0.4, -0.2) is 47.7 Å². The van der Waals surface area contributed by atoms with E-state index >= 15 is 0 Å². The zero-order chi connectivity index (χ0) is 13.1. The van der Waals surface area contributed by atoms with Crippen molar-refractivity contribution in [3.05, 3.63) is 35.6 Å². The summed E-state index contributed by atoms with van der Waals surface area (Å²) in [7, 11) is 0. The summed E-state index contributed by atoms with van der Waals surface area (Å²) in [6.07, 6.45) is 0. The third-order valence-corrected chi connectivity index (χ3v) is 4.18. The maximum atomic E-state index is 12.9. The second-order valence-electron chi connectivity index (χ2n) is 4.46. The number of amidine groups is 1. The Kier molecular flexibility index (Phi) is 7.45. The lowest BCUT2D eigenvalue weighted by atomic mass is 10.1. The van der Waals surface area contributed by atoms with Crippen molar-refractivity contribution in [2.75, 3.05) is 31.9 Å². The lowest BCUT2D eigenvalue weighted by Crippen LogP contribution is -2.46. The first kappa shape index (κ1) is 18.2. The average molecular weight is 351 g/mol. The molecule has 1 fully saturated rings. The van der Waals surface area contributed by atoms with Gasteiger partial charge in [0.2, 0.25) is 0 Å². The number of hydrogen-bond acceptors (Lipinski definition) is 5. The second-order valence-corrected chi connectivity index (χ2v) is 5.40. The van der Waals surface area contributed by atoms with Gasteiger partial charge in [-0.2, -0.15) is 5.10 Å². The van der Waals surface area contributed by atoms with Gasteiger partial charge in [0.05, 0.1) is 5.71 Å². The van der Waals surface area contributed by atoms with E-state index in [0.29, 0.717) is 0 Å². The molecule has 2 aliphatic rings. The quantitative estimate of drug-likeness (QED) is 0.845. The van der Waals surface area contributed by atoms with E-state index in [1.165, 1.54) is 12.1 Å². The number of rotatable bonds is 1. The van der Waals surface area contributed by atoms with Gasteiger partial charge < -0.3 is 10.2 Å². The Morgan fingerprint density at radius 2 is 1.71 bits per heavy atom. The van der Waals surface area contributed by atoms with E-state index in [0.717, 1.165) is 48.4 Å². The van der Waals surface area contributed by atoms with Gasteiger partial charge in [0.25, 0.3) is 0 Å². The highest BCUT2D eigenvalue weighted by atomic mass is 35.5. The van der Waals surface area contributed by atoms with Gasteiger partial charge in [-0.05, 0) is 17.7 Å². The second kappa shape index (κ2) is 8.58. The fraction of sp³-hybridized carbons (Fsp3) is 0.385. The van der Waals surface area contributed by atoms with E-state index in [1.54, 1.807) is 23.9 Å². The summed E-state index contributed by atoms with van der Waals surface area (Å²) in [5.41, 5.74) is 1.85. The topological polar surface area (TPSA) is 40.0 Å². The zero-order valence-electron chi connectivity index (χ0n) is 11.3. The molecule has 2 heterocycles. The number of thioether (sulfide) groups is 1. The monoisotopic (exact) mass is 350 g/mol. The highest BCUT2D eigenvalue weighted by Gasteiger charge is 2.19. The number of nitrogens with zero attached hydrogens (tertiary/aromatic N) is 3. The minimum absolute atomic E-state index is 0. The molecule has 21 heavy (non-hydrogen) atoms. The van der Waals surface area contributed by atoms with Gasteiger partial charge in [0, 0.05) is 31.9 Å². The number of benzene rings is 1. The van der Waals surface area contributed by atoms with Crippen molar-refractivity contribution in [3.63, 3.8) is 0 Å². The molecule has 0 bridgehead atoms.